The highest BCUT2D eigenvalue weighted by Crippen LogP contribution is 2.42. The van der Waals surface area contributed by atoms with Crippen molar-refractivity contribution in [1.82, 2.24) is 5.16 Å². The zero-order valence-electron chi connectivity index (χ0n) is 9.56. The maximum atomic E-state index is 6.22. The summed E-state index contributed by atoms with van der Waals surface area (Å²) >= 11 is 13.8. The average Bonchev–Trinajstić information content (AvgIpc) is 3.02. The third-order valence-electron chi connectivity index (χ3n) is 2.69. The molecule has 0 saturated carbocycles. The van der Waals surface area contributed by atoms with Gasteiger partial charge in [-0.15, -0.1) is 11.3 Å². The van der Waals surface area contributed by atoms with E-state index in [4.69, 9.17) is 33.5 Å². The highest BCUT2D eigenvalue weighted by molar-refractivity contribution is 7.13. The van der Waals surface area contributed by atoms with Crippen molar-refractivity contribution in [2.75, 3.05) is 5.73 Å². The van der Waals surface area contributed by atoms with Crippen LogP contribution in [0.5, 0.6) is 0 Å². The van der Waals surface area contributed by atoms with Crippen molar-refractivity contribution in [3.63, 3.8) is 0 Å². The first-order valence-corrected chi connectivity index (χ1v) is 7.05. The number of halogens is 2. The summed E-state index contributed by atoms with van der Waals surface area (Å²) in [7, 11) is 0. The minimum atomic E-state index is 0.272. The molecule has 2 N–H and O–H groups in total. The van der Waals surface area contributed by atoms with Crippen LogP contribution in [0.3, 0.4) is 0 Å². The van der Waals surface area contributed by atoms with E-state index in [1.165, 1.54) is 0 Å². The van der Waals surface area contributed by atoms with E-state index in [-0.39, 0.29) is 5.88 Å². The Kier molecular flexibility index (Phi) is 3.22. The third-order valence-corrected chi connectivity index (χ3v) is 4.40. The third kappa shape index (κ3) is 2.12. The second kappa shape index (κ2) is 4.89. The monoisotopic (exact) mass is 310 g/mol. The molecule has 0 bridgehead atoms. The molecular weight excluding hydrogens is 303 g/mol. The molecule has 2 heterocycles. The minimum Gasteiger partial charge on any atom is -0.367 e. The van der Waals surface area contributed by atoms with E-state index in [1.54, 1.807) is 17.4 Å². The van der Waals surface area contributed by atoms with Gasteiger partial charge in [0.2, 0.25) is 5.88 Å². The molecule has 0 fully saturated rings. The topological polar surface area (TPSA) is 52.0 Å². The van der Waals surface area contributed by atoms with Crippen LogP contribution in [0.4, 0.5) is 5.88 Å². The van der Waals surface area contributed by atoms with E-state index in [9.17, 15) is 0 Å². The number of benzene rings is 1. The lowest BCUT2D eigenvalue weighted by atomic mass is 10.1. The predicted octanol–water partition coefficient (Wildman–Crippen LogP) is 4.96. The summed E-state index contributed by atoms with van der Waals surface area (Å²) in [5.74, 6) is 0.272. The molecule has 0 radical (unpaired) electrons. The van der Waals surface area contributed by atoms with Crippen molar-refractivity contribution in [3.05, 3.63) is 45.8 Å². The van der Waals surface area contributed by atoms with Crippen molar-refractivity contribution < 1.29 is 4.52 Å². The number of hydrogen-bond donors (Lipinski definition) is 1. The van der Waals surface area contributed by atoms with Crippen LogP contribution in [-0.2, 0) is 0 Å². The summed E-state index contributed by atoms with van der Waals surface area (Å²) in [4.78, 5) is 0.977. The Morgan fingerprint density at radius 2 is 2.00 bits per heavy atom. The fourth-order valence-electron chi connectivity index (χ4n) is 1.83. The molecular formula is C13H8Cl2N2OS. The Labute approximate surface area is 123 Å². The van der Waals surface area contributed by atoms with Crippen LogP contribution in [0.25, 0.3) is 21.7 Å². The molecule has 0 amide bonds. The molecule has 0 unspecified atom stereocenters. The number of aromatic nitrogens is 1. The minimum absolute atomic E-state index is 0.272. The highest BCUT2D eigenvalue weighted by atomic mass is 35.5. The van der Waals surface area contributed by atoms with Gasteiger partial charge in [0.25, 0.3) is 0 Å². The molecule has 1 aromatic carbocycles. The Morgan fingerprint density at radius 1 is 1.16 bits per heavy atom. The summed E-state index contributed by atoms with van der Waals surface area (Å²) in [6, 6.07) is 9.27. The van der Waals surface area contributed by atoms with Crippen molar-refractivity contribution >= 4 is 40.4 Å². The van der Waals surface area contributed by atoms with Crippen LogP contribution in [0.15, 0.2) is 40.2 Å². The van der Waals surface area contributed by atoms with Gasteiger partial charge in [-0.1, -0.05) is 46.6 Å². The lowest BCUT2D eigenvalue weighted by molar-refractivity contribution is 0.439. The molecule has 0 atom stereocenters. The lowest BCUT2D eigenvalue weighted by Gasteiger charge is -2.04. The number of anilines is 1. The maximum absolute atomic E-state index is 6.22. The number of thiophene rings is 1. The summed E-state index contributed by atoms with van der Waals surface area (Å²) in [5.41, 5.74) is 7.92. The molecule has 96 valence electrons. The summed E-state index contributed by atoms with van der Waals surface area (Å²) in [5, 5.41) is 6.88. The van der Waals surface area contributed by atoms with Gasteiger partial charge in [-0.25, -0.2) is 0 Å². The molecule has 2 aromatic heterocycles. The van der Waals surface area contributed by atoms with Gasteiger partial charge in [-0.3, -0.25) is 0 Å². The fraction of sp³-hybridized carbons (Fsp3) is 0. The van der Waals surface area contributed by atoms with E-state index in [1.807, 2.05) is 29.6 Å². The maximum Gasteiger partial charge on any atom is 0.231 e. The quantitative estimate of drug-likeness (QED) is 0.728. The lowest BCUT2D eigenvalue weighted by Crippen LogP contribution is -1.86. The zero-order valence-corrected chi connectivity index (χ0v) is 11.9. The molecule has 0 aliphatic rings. The van der Waals surface area contributed by atoms with Crippen LogP contribution in [-0.4, -0.2) is 5.16 Å². The number of nitrogens with two attached hydrogens (primary N) is 1. The van der Waals surface area contributed by atoms with Gasteiger partial charge in [0, 0.05) is 10.4 Å². The molecule has 0 spiro atoms. The Bertz CT molecular complexity index is 722. The van der Waals surface area contributed by atoms with Gasteiger partial charge in [-0.2, -0.15) is 0 Å². The molecule has 6 heteroatoms. The van der Waals surface area contributed by atoms with Crippen LogP contribution in [0.2, 0.25) is 10.0 Å². The van der Waals surface area contributed by atoms with E-state index in [0.717, 1.165) is 10.4 Å². The van der Waals surface area contributed by atoms with Crippen molar-refractivity contribution in [2.24, 2.45) is 0 Å². The van der Waals surface area contributed by atoms with Gasteiger partial charge < -0.3 is 10.3 Å². The van der Waals surface area contributed by atoms with E-state index in [2.05, 4.69) is 5.16 Å². The first-order valence-electron chi connectivity index (χ1n) is 5.42. The molecule has 0 saturated heterocycles. The number of hydrogen-bond acceptors (Lipinski definition) is 4. The second-order valence-electron chi connectivity index (χ2n) is 3.85. The van der Waals surface area contributed by atoms with Crippen LogP contribution in [0.1, 0.15) is 0 Å². The van der Waals surface area contributed by atoms with Gasteiger partial charge in [0.1, 0.15) is 5.69 Å². The second-order valence-corrected chi connectivity index (χ2v) is 5.58. The van der Waals surface area contributed by atoms with E-state index in [0.29, 0.717) is 21.3 Å². The average molecular weight is 311 g/mol. The summed E-state index contributed by atoms with van der Waals surface area (Å²) in [6.45, 7) is 0. The molecule has 19 heavy (non-hydrogen) atoms. The van der Waals surface area contributed by atoms with Crippen molar-refractivity contribution in [1.29, 1.82) is 0 Å². The molecule has 3 aromatic rings. The van der Waals surface area contributed by atoms with E-state index >= 15 is 0 Å². The number of nitrogens with zero attached hydrogens (tertiary/aromatic N) is 1. The zero-order chi connectivity index (χ0) is 13.4. The smallest absolute Gasteiger partial charge is 0.231 e. The Hall–Kier alpha value is -1.49. The SMILES string of the molecule is Nc1onc(-c2cccc(Cl)c2Cl)c1-c1cccs1. The Morgan fingerprint density at radius 3 is 2.74 bits per heavy atom. The van der Waals surface area contributed by atoms with Crippen LogP contribution in [0, 0.1) is 0 Å². The van der Waals surface area contributed by atoms with Crippen molar-refractivity contribution in [2.45, 2.75) is 0 Å². The van der Waals surface area contributed by atoms with E-state index < -0.39 is 0 Å². The molecule has 0 aliphatic carbocycles. The van der Waals surface area contributed by atoms with Gasteiger partial charge >= 0.3 is 0 Å². The summed E-state index contributed by atoms with van der Waals surface area (Å²) < 4.78 is 5.10. The van der Waals surface area contributed by atoms with Gasteiger partial charge in [0.15, 0.2) is 0 Å². The molecule has 3 nitrogen and oxygen atoms in total. The van der Waals surface area contributed by atoms with Crippen LogP contribution < -0.4 is 5.73 Å². The summed E-state index contributed by atoms with van der Waals surface area (Å²) in [6.07, 6.45) is 0. The van der Waals surface area contributed by atoms with Gasteiger partial charge in [-0.05, 0) is 17.5 Å². The first kappa shape index (κ1) is 12.5. The fourth-order valence-corrected chi connectivity index (χ4v) is 3.00. The predicted molar refractivity (Wildman–Crippen MR) is 79.7 cm³/mol. The molecule has 0 aliphatic heterocycles. The molecule has 3 rings (SSSR count). The first-order chi connectivity index (χ1) is 9.18. The van der Waals surface area contributed by atoms with Gasteiger partial charge in [0.05, 0.1) is 15.6 Å². The number of rotatable bonds is 2. The highest BCUT2D eigenvalue weighted by Gasteiger charge is 2.20. The van der Waals surface area contributed by atoms with Crippen LogP contribution >= 0.6 is 34.5 Å². The normalized spacial score (nSPS) is 10.8. The standard InChI is InChI=1S/C13H8Cl2N2OS/c14-8-4-1-3-7(11(8)15)12-10(13(16)18-17-12)9-5-2-6-19-9/h1-6H,16H2. The number of nitrogen functional groups attached to an aromatic ring is 1. The largest absolute Gasteiger partial charge is 0.367 e. The Balaban J connectivity index is 2.25. The van der Waals surface area contributed by atoms with Crippen molar-refractivity contribution in [3.8, 4) is 21.7 Å².